The molecule has 1 aromatic carbocycles. The van der Waals surface area contributed by atoms with Crippen LogP contribution in [0.3, 0.4) is 0 Å². The molecule has 0 unspecified atom stereocenters. The van der Waals surface area contributed by atoms with Gasteiger partial charge in [0, 0.05) is 5.02 Å². The molecule has 4 nitrogen and oxygen atoms in total. The summed E-state index contributed by atoms with van der Waals surface area (Å²) in [4.78, 5) is 22.4. The van der Waals surface area contributed by atoms with Gasteiger partial charge in [-0.1, -0.05) is 29.8 Å². The van der Waals surface area contributed by atoms with Gasteiger partial charge in [-0.15, -0.1) is 0 Å². The van der Waals surface area contributed by atoms with E-state index in [-0.39, 0.29) is 6.61 Å². The second-order valence-electron chi connectivity index (χ2n) is 3.52. The highest BCUT2D eigenvalue weighted by Crippen LogP contribution is 2.10. The summed E-state index contributed by atoms with van der Waals surface area (Å²) in [7, 11) is 0. The fourth-order valence-corrected chi connectivity index (χ4v) is 1.32. The average Bonchev–Trinajstić information content (AvgIpc) is 2.38. The maximum Gasteiger partial charge on any atom is 0.322 e. The summed E-state index contributed by atoms with van der Waals surface area (Å²) in [5.74, 6) is -2.57. The predicted octanol–water partition coefficient (Wildman–Crippen LogP) is 1.73. The lowest BCUT2D eigenvalue weighted by molar-refractivity contribution is -0.303. The molecular weight excluding hydrogens is 268 g/mol. The molecule has 1 rings (SSSR count). The van der Waals surface area contributed by atoms with Gasteiger partial charge < -0.3 is 9.84 Å². The number of allylic oxidation sites excluding steroid dienone is 2. The van der Waals surface area contributed by atoms with Gasteiger partial charge in [-0.05, 0) is 42.5 Å². The lowest BCUT2D eigenvalue weighted by Crippen LogP contribution is -2.19. The zero-order valence-corrected chi connectivity index (χ0v) is 11.0. The third-order valence-electron chi connectivity index (χ3n) is 2.06. The topological polar surface area (TPSA) is 66.4 Å². The van der Waals surface area contributed by atoms with Crippen LogP contribution in [-0.4, -0.2) is 18.4 Å². The number of carbonyl (C=O) groups is 2. The third kappa shape index (κ3) is 5.40. The van der Waals surface area contributed by atoms with Crippen molar-refractivity contribution in [3.8, 4) is 0 Å². The minimum atomic E-state index is -1.03. The van der Waals surface area contributed by atoms with Crippen molar-refractivity contribution in [1.82, 2.24) is 0 Å². The lowest BCUT2D eigenvalue weighted by atomic mass is 10.2. The fourth-order valence-electron chi connectivity index (χ4n) is 1.19. The number of halogens is 1. The molecule has 0 aliphatic carbocycles. The monoisotopic (exact) mass is 279 g/mol. The van der Waals surface area contributed by atoms with E-state index in [4.69, 9.17) is 11.6 Å². The van der Waals surface area contributed by atoms with Crippen molar-refractivity contribution in [3.05, 3.63) is 52.8 Å². The molecule has 0 saturated carbocycles. The van der Waals surface area contributed by atoms with Crippen LogP contribution in [0.15, 0.2) is 42.2 Å². The Morgan fingerprint density at radius 1 is 1.32 bits per heavy atom. The zero-order chi connectivity index (χ0) is 14.3. The smallest absolute Gasteiger partial charge is 0.322 e. The number of carbonyl (C=O) groups excluding carboxylic acids is 2. The molecule has 19 heavy (non-hydrogen) atoms. The van der Waals surface area contributed by atoms with Crippen molar-refractivity contribution in [2.24, 2.45) is 0 Å². The molecule has 0 heterocycles. The second kappa shape index (κ2) is 7.38. The van der Waals surface area contributed by atoms with Gasteiger partial charge in [0.2, 0.25) is 0 Å². The summed E-state index contributed by atoms with van der Waals surface area (Å²) in [6.07, 6.45) is 3.42. The first-order valence-corrected chi connectivity index (χ1v) is 5.94. The van der Waals surface area contributed by atoms with Crippen molar-refractivity contribution in [2.75, 3.05) is 6.61 Å². The number of esters is 1. The quantitative estimate of drug-likeness (QED) is 0.468. The molecule has 0 atom stereocenters. The maximum atomic E-state index is 11.4. The molecule has 0 amide bonds. The Bertz CT molecular complexity index is 515. The van der Waals surface area contributed by atoms with Gasteiger partial charge in [-0.3, -0.25) is 4.79 Å². The summed E-state index contributed by atoms with van der Waals surface area (Å²) in [6.45, 7) is 1.67. The minimum absolute atomic E-state index is 0.0905. The van der Waals surface area contributed by atoms with Crippen molar-refractivity contribution < 1.29 is 19.4 Å². The van der Waals surface area contributed by atoms with E-state index < -0.39 is 17.5 Å². The molecule has 5 heteroatoms. The van der Waals surface area contributed by atoms with Gasteiger partial charge in [0.1, 0.15) is 0 Å². The summed E-state index contributed by atoms with van der Waals surface area (Å²) in [6, 6.07) is 6.80. The predicted molar refractivity (Wildman–Crippen MR) is 70.2 cm³/mol. The molecule has 100 valence electrons. The van der Waals surface area contributed by atoms with Crippen molar-refractivity contribution in [2.45, 2.75) is 6.92 Å². The molecular formula is C14H12ClO4-. The molecule has 1 aromatic rings. The molecule has 0 aliphatic rings. The van der Waals surface area contributed by atoms with Gasteiger partial charge in [0.25, 0.3) is 0 Å². The van der Waals surface area contributed by atoms with E-state index in [2.05, 4.69) is 4.74 Å². The standard InChI is InChI=1S/C14H13ClO4/c1-2-19-14(18)13(17)9-12(16)8-5-10-3-6-11(15)7-4-10/h3-9,17H,2H2,1H3/p-1/b8-5+,13-9-. The number of rotatable bonds is 5. The van der Waals surface area contributed by atoms with E-state index in [1.54, 1.807) is 31.2 Å². The average molecular weight is 280 g/mol. The largest absolute Gasteiger partial charge is 0.867 e. The molecule has 0 radical (unpaired) electrons. The highest BCUT2D eigenvalue weighted by Gasteiger charge is 2.00. The number of ether oxygens (including phenoxy) is 1. The summed E-state index contributed by atoms with van der Waals surface area (Å²) in [5, 5.41) is 11.8. The van der Waals surface area contributed by atoms with E-state index in [0.717, 1.165) is 5.56 Å². The van der Waals surface area contributed by atoms with E-state index in [1.807, 2.05) is 0 Å². The van der Waals surface area contributed by atoms with Crippen LogP contribution in [0.5, 0.6) is 0 Å². The third-order valence-corrected chi connectivity index (χ3v) is 2.31. The highest BCUT2D eigenvalue weighted by atomic mass is 35.5. The molecule has 0 aliphatic heterocycles. The Morgan fingerprint density at radius 3 is 2.53 bits per heavy atom. The Labute approximate surface area is 116 Å². The van der Waals surface area contributed by atoms with Crippen molar-refractivity contribution in [1.29, 1.82) is 0 Å². The number of hydrogen-bond acceptors (Lipinski definition) is 4. The van der Waals surface area contributed by atoms with Crippen LogP contribution in [0.25, 0.3) is 6.08 Å². The normalized spacial score (nSPS) is 11.6. The Kier molecular flexibility index (Phi) is 5.82. The number of benzene rings is 1. The first-order chi connectivity index (χ1) is 9.02. The Hall–Kier alpha value is -2.07. The summed E-state index contributed by atoms with van der Waals surface area (Å²) in [5.41, 5.74) is 0.759. The molecule has 0 spiro atoms. The van der Waals surface area contributed by atoms with E-state index in [1.165, 1.54) is 12.2 Å². The van der Waals surface area contributed by atoms with Gasteiger partial charge in [0.05, 0.1) is 6.61 Å². The van der Waals surface area contributed by atoms with E-state index in [0.29, 0.717) is 11.1 Å². The molecule has 0 aromatic heterocycles. The Balaban J connectivity index is 2.67. The van der Waals surface area contributed by atoms with Crippen LogP contribution in [0.4, 0.5) is 0 Å². The second-order valence-corrected chi connectivity index (χ2v) is 3.95. The van der Waals surface area contributed by atoms with E-state index >= 15 is 0 Å². The minimum Gasteiger partial charge on any atom is -0.867 e. The van der Waals surface area contributed by atoms with Crippen LogP contribution in [0.1, 0.15) is 12.5 Å². The summed E-state index contributed by atoms with van der Waals surface area (Å²) >= 11 is 5.71. The van der Waals surface area contributed by atoms with Gasteiger partial charge in [0.15, 0.2) is 5.78 Å². The summed E-state index contributed by atoms with van der Waals surface area (Å²) < 4.78 is 4.47. The fraction of sp³-hybridized carbons (Fsp3) is 0.143. The SMILES string of the molecule is CCOC(=O)/C([O-])=C/C(=O)/C=C/c1ccc(Cl)cc1. The van der Waals surface area contributed by atoms with Crippen LogP contribution in [0, 0.1) is 0 Å². The van der Waals surface area contributed by atoms with Crippen LogP contribution in [0.2, 0.25) is 5.02 Å². The Morgan fingerprint density at radius 2 is 1.95 bits per heavy atom. The highest BCUT2D eigenvalue weighted by molar-refractivity contribution is 6.30. The molecule has 0 bridgehead atoms. The lowest BCUT2D eigenvalue weighted by Gasteiger charge is -2.08. The van der Waals surface area contributed by atoms with Gasteiger partial charge >= 0.3 is 5.97 Å². The molecule has 0 fully saturated rings. The number of ketones is 1. The van der Waals surface area contributed by atoms with Crippen LogP contribution in [-0.2, 0) is 14.3 Å². The van der Waals surface area contributed by atoms with Crippen molar-refractivity contribution >= 4 is 29.4 Å². The number of hydrogen-bond donors (Lipinski definition) is 0. The maximum absolute atomic E-state index is 11.4. The van der Waals surface area contributed by atoms with Gasteiger partial charge in [-0.25, -0.2) is 4.79 Å². The first kappa shape index (κ1) is 15.0. The molecule has 0 N–H and O–H groups in total. The van der Waals surface area contributed by atoms with Gasteiger partial charge in [-0.2, -0.15) is 0 Å². The van der Waals surface area contributed by atoms with Crippen LogP contribution < -0.4 is 5.11 Å². The van der Waals surface area contributed by atoms with E-state index in [9.17, 15) is 14.7 Å². The van der Waals surface area contributed by atoms with Crippen LogP contribution >= 0.6 is 11.6 Å². The first-order valence-electron chi connectivity index (χ1n) is 5.56. The zero-order valence-electron chi connectivity index (χ0n) is 10.3. The van der Waals surface area contributed by atoms with Crippen molar-refractivity contribution in [3.63, 3.8) is 0 Å². The molecule has 0 saturated heterocycles.